The second-order valence-electron chi connectivity index (χ2n) is 12.2. The largest absolute Gasteiger partial charge is 0.494 e. The lowest BCUT2D eigenvalue weighted by Gasteiger charge is -2.32. The van der Waals surface area contributed by atoms with Crippen LogP contribution in [0.2, 0.25) is 0 Å². The van der Waals surface area contributed by atoms with E-state index in [2.05, 4.69) is 115 Å². The molecule has 5 rings (SSSR count). The van der Waals surface area contributed by atoms with Gasteiger partial charge in [-0.15, -0.1) is 0 Å². The molecule has 6 nitrogen and oxygen atoms in total. The van der Waals surface area contributed by atoms with E-state index in [0.717, 1.165) is 36.9 Å². The monoisotopic (exact) mass is 900 g/mol. The van der Waals surface area contributed by atoms with Gasteiger partial charge in [0.1, 0.15) is 0 Å². The molecule has 0 unspecified atom stereocenters. The van der Waals surface area contributed by atoms with Gasteiger partial charge in [0.2, 0.25) is 0 Å². The van der Waals surface area contributed by atoms with Gasteiger partial charge in [-0.2, -0.15) is 8.73 Å². The Kier molecular flexibility index (Phi) is 13.7. The van der Waals surface area contributed by atoms with Crippen LogP contribution in [0.3, 0.4) is 0 Å². The van der Waals surface area contributed by atoms with Crippen LogP contribution in [-0.4, -0.2) is 51.8 Å². The molecule has 1 aliphatic rings. The Bertz CT molecular complexity index is 1850. The lowest BCUT2D eigenvalue weighted by atomic mass is 9.78. The Labute approximate surface area is 306 Å². The lowest BCUT2D eigenvalue weighted by molar-refractivity contribution is 0.00578. The van der Waals surface area contributed by atoms with Gasteiger partial charge < -0.3 is 9.31 Å². The van der Waals surface area contributed by atoms with Crippen molar-refractivity contribution in [3.8, 4) is 11.1 Å². The van der Waals surface area contributed by atoms with E-state index in [0.29, 0.717) is 0 Å². The van der Waals surface area contributed by atoms with Crippen molar-refractivity contribution in [3.63, 3.8) is 0 Å². The van der Waals surface area contributed by atoms with Gasteiger partial charge in [0.15, 0.2) is 0 Å². The van der Waals surface area contributed by atoms with E-state index in [1.165, 1.54) is 3.57 Å². The molecule has 46 heavy (non-hydrogen) atoms. The smallest absolute Gasteiger partial charge is 0.399 e. The minimum Gasteiger partial charge on any atom is -0.399 e. The van der Waals surface area contributed by atoms with Crippen molar-refractivity contribution in [2.75, 3.05) is 25.0 Å². The van der Waals surface area contributed by atoms with Gasteiger partial charge in [-0.25, -0.2) is 8.42 Å². The summed E-state index contributed by atoms with van der Waals surface area (Å²) in [4.78, 5) is 0. The molecule has 0 aromatic heterocycles. The van der Waals surface area contributed by atoms with Crippen LogP contribution >= 0.6 is 54.5 Å². The van der Waals surface area contributed by atoms with E-state index in [1.54, 1.807) is 25.0 Å². The van der Waals surface area contributed by atoms with Crippen LogP contribution in [0.15, 0.2) is 115 Å². The highest BCUT2D eigenvalue weighted by molar-refractivity contribution is 14.1. The van der Waals surface area contributed by atoms with Crippen molar-refractivity contribution in [2.24, 2.45) is 8.73 Å². The van der Waals surface area contributed by atoms with Gasteiger partial charge in [-0.05, 0) is 115 Å². The highest BCUT2D eigenvalue weighted by Gasteiger charge is 2.51. The Morgan fingerprint density at radius 3 is 1.52 bits per heavy atom. The number of rotatable bonds is 4. The minimum absolute atomic E-state index is 0.348. The Balaban J connectivity index is 0.000000236. The average molecular weight is 902 g/mol. The van der Waals surface area contributed by atoms with Gasteiger partial charge in [0.05, 0.1) is 22.6 Å². The van der Waals surface area contributed by atoms with Gasteiger partial charge in [-0.3, -0.25) is 0 Å². The number of hydrogen-bond acceptors (Lipinski definition) is 6. The zero-order valence-electron chi connectivity index (χ0n) is 27.3. The van der Waals surface area contributed by atoms with E-state index in [4.69, 9.17) is 9.31 Å². The Morgan fingerprint density at radius 2 is 1.09 bits per heavy atom. The second kappa shape index (κ2) is 16.2. The standard InChI is InChI=1S/C20H26BNO3S.C8H10BrNOS.C6H4BrI/c1-19(2)20(3,4)25-21(24-19)17-12-10-15(11-13-17)16-8-7-9-18(14-16)22-26(5,6)23;1-12(2,11)10-8-5-3-4-7(9)6-8;7-5-2-1-3-6(8)4-5/h7-14H,1-6H3;3-6H,1-2H3;1-4H. The molecule has 12 heteroatoms. The Hall–Kier alpha value is -1.55. The first-order valence-corrected chi connectivity index (χ1v) is 21.6. The third-order valence-corrected chi connectivity index (χ3v) is 9.82. The Morgan fingerprint density at radius 1 is 0.630 bits per heavy atom. The van der Waals surface area contributed by atoms with Crippen molar-refractivity contribution < 1.29 is 17.7 Å². The average Bonchev–Trinajstić information content (AvgIpc) is 3.14. The molecule has 4 aromatic carbocycles. The molecule has 1 saturated heterocycles. The van der Waals surface area contributed by atoms with Gasteiger partial charge in [-0.1, -0.05) is 80.4 Å². The van der Waals surface area contributed by atoms with Gasteiger partial charge in [0, 0.05) is 57.0 Å². The summed E-state index contributed by atoms with van der Waals surface area (Å²) in [6, 6.07) is 31.6. The summed E-state index contributed by atoms with van der Waals surface area (Å²) in [5.41, 5.74) is 3.89. The first-order valence-electron chi connectivity index (χ1n) is 14.3. The van der Waals surface area contributed by atoms with Crippen molar-refractivity contribution in [1.29, 1.82) is 0 Å². The summed E-state index contributed by atoms with van der Waals surface area (Å²) < 4.78 is 47.1. The molecule has 1 fully saturated rings. The van der Waals surface area contributed by atoms with Gasteiger partial charge >= 0.3 is 7.12 Å². The molecule has 246 valence electrons. The number of halogens is 3. The van der Waals surface area contributed by atoms with Crippen LogP contribution < -0.4 is 5.46 Å². The molecule has 0 radical (unpaired) electrons. The van der Waals surface area contributed by atoms with Crippen LogP contribution in [0.25, 0.3) is 11.1 Å². The maximum Gasteiger partial charge on any atom is 0.494 e. The molecule has 0 saturated carbocycles. The van der Waals surface area contributed by atoms with E-state index < -0.39 is 19.5 Å². The third kappa shape index (κ3) is 12.8. The summed E-state index contributed by atoms with van der Waals surface area (Å²) in [7, 11) is -4.57. The van der Waals surface area contributed by atoms with Crippen LogP contribution in [0.4, 0.5) is 11.4 Å². The van der Waals surface area contributed by atoms with E-state index in [1.807, 2.05) is 72.8 Å². The van der Waals surface area contributed by atoms with Crippen LogP contribution in [0, 0.1) is 3.57 Å². The molecule has 1 heterocycles. The maximum atomic E-state index is 11.9. The summed E-state index contributed by atoms with van der Waals surface area (Å²) in [5, 5.41) is 0. The molecule has 0 N–H and O–H groups in total. The highest BCUT2D eigenvalue weighted by atomic mass is 127. The molecule has 1 aliphatic heterocycles. The van der Waals surface area contributed by atoms with Crippen LogP contribution in [0.5, 0.6) is 0 Å². The molecule has 0 amide bonds. The summed E-state index contributed by atoms with van der Waals surface area (Å²) in [6.45, 7) is 8.21. The second-order valence-corrected chi connectivity index (χ2v) is 20.4. The van der Waals surface area contributed by atoms with Crippen molar-refractivity contribution >= 4 is 97.9 Å². The van der Waals surface area contributed by atoms with E-state index >= 15 is 0 Å². The zero-order chi connectivity index (χ0) is 34.3. The first kappa shape index (κ1) is 38.9. The fourth-order valence-electron chi connectivity index (χ4n) is 4.05. The SMILES string of the molecule is Brc1cccc(I)c1.CC1(C)OB(c2ccc(-c3cccc(N=S(C)(C)=O)c3)cc2)OC1(C)C.CS(C)(=O)=Nc1cccc(Br)c1. The highest BCUT2D eigenvalue weighted by Crippen LogP contribution is 2.36. The molecule has 0 spiro atoms. The molecule has 4 aromatic rings. The topological polar surface area (TPSA) is 77.3 Å². The van der Waals surface area contributed by atoms with Gasteiger partial charge in [0.25, 0.3) is 0 Å². The van der Waals surface area contributed by atoms with Crippen molar-refractivity contribution in [1.82, 2.24) is 0 Å². The fraction of sp³-hybridized carbons (Fsp3) is 0.294. The third-order valence-electron chi connectivity index (χ3n) is 6.86. The fourth-order valence-corrected chi connectivity index (χ4v) is 7.05. The van der Waals surface area contributed by atoms with E-state index in [9.17, 15) is 8.42 Å². The summed E-state index contributed by atoms with van der Waals surface area (Å²) in [6.07, 6.45) is 6.51. The van der Waals surface area contributed by atoms with Crippen LogP contribution in [0.1, 0.15) is 27.7 Å². The molecule has 0 bridgehead atoms. The number of hydrogen-bond donors (Lipinski definition) is 0. The van der Waals surface area contributed by atoms with Crippen molar-refractivity contribution in [3.05, 3.63) is 110 Å². The summed E-state index contributed by atoms with van der Waals surface area (Å²) in [5.74, 6) is 0. The van der Waals surface area contributed by atoms with E-state index in [-0.39, 0.29) is 18.3 Å². The predicted octanol–water partition coefficient (Wildman–Crippen LogP) is 9.87. The zero-order valence-corrected chi connectivity index (χ0v) is 34.3. The summed E-state index contributed by atoms with van der Waals surface area (Å²) >= 11 is 8.95. The molecule has 0 aliphatic carbocycles. The predicted molar refractivity (Wildman–Crippen MR) is 213 cm³/mol. The normalized spacial score (nSPS) is 15.2. The lowest BCUT2D eigenvalue weighted by Crippen LogP contribution is -2.41. The first-order chi connectivity index (χ1) is 21.2. The van der Waals surface area contributed by atoms with Crippen molar-refractivity contribution in [2.45, 2.75) is 38.9 Å². The minimum atomic E-state index is -2.17. The number of nitrogens with zero attached hydrogens (tertiary/aromatic N) is 2. The quantitative estimate of drug-likeness (QED) is 0.151. The number of benzene rings is 4. The van der Waals surface area contributed by atoms with Crippen LogP contribution in [-0.2, 0) is 28.8 Å². The molecule has 0 atom stereocenters. The molecular formula is C34H40BBr2IN2O4S2. The molecular weight excluding hydrogens is 862 g/mol. The maximum absolute atomic E-state index is 11.9.